The lowest BCUT2D eigenvalue weighted by Gasteiger charge is -2.24. The number of carbonyl (C=O) groups excluding carboxylic acids is 3. The molecule has 41 heavy (non-hydrogen) atoms. The number of ketones is 1. The molecule has 1 aromatic carbocycles. The van der Waals surface area contributed by atoms with Crippen LogP contribution in [0.2, 0.25) is 0 Å². The summed E-state index contributed by atoms with van der Waals surface area (Å²) in [6.07, 6.45) is 18.4. The number of rotatable bonds is 22. The molecule has 2 rings (SSSR count). The zero-order valence-electron chi connectivity index (χ0n) is 25.6. The second-order valence-electron chi connectivity index (χ2n) is 11.9. The van der Waals surface area contributed by atoms with Crippen molar-refractivity contribution >= 4 is 23.6 Å². The van der Waals surface area contributed by atoms with Gasteiger partial charge in [-0.3, -0.25) is 14.4 Å². The maximum absolute atomic E-state index is 12.9. The first-order valence-corrected chi connectivity index (χ1v) is 16.2. The summed E-state index contributed by atoms with van der Waals surface area (Å²) >= 11 is 0. The first kappa shape index (κ1) is 34.5. The second kappa shape index (κ2) is 20.2. The molecule has 0 unspecified atom stereocenters. The lowest BCUT2D eigenvalue weighted by atomic mass is 10.0. The molecule has 1 aliphatic heterocycles. The predicted octanol–water partition coefficient (Wildman–Crippen LogP) is 6.93. The van der Waals surface area contributed by atoms with E-state index in [9.17, 15) is 24.3 Å². The number of nitrogens with one attached hydrogen (secondary N) is 1. The highest BCUT2D eigenvalue weighted by atomic mass is 16.4. The molecule has 0 spiro atoms. The zero-order chi connectivity index (χ0) is 29.9. The van der Waals surface area contributed by atoms with Crippen molar-refractivity contribution in [3.05, 3.63) is 35.4 Å². The number of hydrogen-bond donors (Lipinski definition) is 2. The van der Waals surface area contributed by atoms with Crippen LogP contribution in [-0.4, -0.2) is 52.2 Å². The molecule has 1 fully saturated rings. The molecule has 1 saturated heterocycles. The van der Waals surface area contributed by atoms with Crippen molar-refractivity contribution in [1.82, 2.24) is 10.2 Å². The molecular formula is C34H54N2O5. The number of unbranched alkanes of at least 4 members (excludes halogenated alkanes) is 12. The van der Waals surface area contributed by atoms with Gasteiger partial charge in [-0.05, 0) is 31.7 Å². The smallest absolute Gasteiger partial charge is 0.326 e. The average molecular weight is 571 g/mol. The highest BCUT2D eigenvalue weighted by Gasteiger charge is 2.33. The van der Waals surface area contributed by atoms with E-state index in [-0.39, 0.29) is 31.0 Å². The third-order valence-corrected chi connectivity index (χ3v) is 8.23. The quantitative estimate of drug-likeness (QED) is 0.147. The number of hydrogen-bond acceptors (Lipinski definition) is 4. The minimum Gasteiger partial charge on any atom is -0.480 e. The molecule has 0 aromatic heterocycles. The fourth-order valence-electron chi connectivity index (χ4n) is 5.67. The Labute approximate surface area is 247 Å². The fraction of sp³-hybridized carbons (Fsp3) is 0.706. The number of benzene rings is 1. The number of amides is 2. The highest BCUT2D eigenvalue weighted by molar-refractivity contribution is 5.92. The molecule has 2 atom stereocenters. The summed E-state index contributed by atoms with van der Waals surface area (Å²) in [5.41, 5.74) is 1.90. The van der Waals surface area contributed by atoms with Crippen molar-refractivity contribution in [2.24, 2.45) is 0 Å². The Morgan fingerprint density at radius 1 is 0.829 bits per heavy atom. The minimum atomic E-state index is -1.11. The van der Waals surface area contributed by atoms with E-state index in [2.05, 4.69) is 12.2 Å². The number of Topliss-reactive ketones (excluding diaryl/α,β-unsaturated/α-hetero) is 1. The Kier molecular flexibility index (Phi) is 17.0. The number of aliphatic carboxylic acids is 1. The monoisotopic (exact) mass is 570 g/mol. The van der Waals surface area contributed by atoms with Crippen molar-refractivity contribution < 1.29 is 24.3 Å². The van der Waals surface area contributed by atoms with Gasteiger partial charge in [-0.2, -0.15) is 0 Å². The largest absolute Gasteiger partial charge is 0.480 e. The van der Waals surface area contributed by atoms with Gasteiger partial charge >= 0.3 is 5.97 Å². The maximum Gasteiger partial charge on any atom is 0.326 e. The van der Waals surface area contributed by atoms with Gasteiger partial charge in [-0.1, -0.05) is 114 Å². The molecule has 1 heterocycles. The van der Waals surface area contributed by atoms with Crippen LogP contribution in [0.5, 0.6) is 0 Å². The van der Waals surface area contributed by atoms with Gasteiger partial charge in [0.15, 0.2) is 5.78 Å². The summed E-state index contributed by atoms with van der Waals surface area (Å²) in [7, 11) is 0. The number of aryl methyl sites for hydroxylation is 1. The van der Waals surface area contributed by atoms with Crippen molar-refractivity contribution in [1.29, 1.82) is 0 Å². The Morgan fingerprint density at radius 2 is 1.39 bits per heavy atom. The van der Waals surface area contributed by atoms with Crippen LogP contribution in [0.15, 0.2) is 24.3 Å². The van der Waals surface area contributed by atoms with Crippen molar-refractivity contribution in [2.45, 2.75) is 148 Å². The number of nitrogens with zero attached hydrogens (tertiary/aromatic N) is 1. The van der Waals surface area contributed by atoms with Crippen LogP contribution in [0.3, 0.4) is 0 Å². The molecule has 1 aromatic rings. The lowest BCUT2D eigenvalue weighted by molar-refractivity contribution is -0.142. The van der Waals surface area contributed by atoms with Crippen LogP contribution in [-0.2, 0) is 25.6 Å². The zero-order valence-corrected chi connectivity index (χ0v) is 25.6. The minimum absolute atomic E-state index is 0.00981. The van der Waals surface area contributed by atoms with Crippen LogP contribution in [0.1, 0.15) is 134 Å². The Balaban J connectivity index is 1.61. The van der Waals surface area contributed by atoms with E-state index in [1.54, 1.807) is 4.90 Å². The van der Waals surface area contributed by atoms with E-state index in [1.807, 2.05) is 31.2 Å². The standard InChI is InChI=1S/C34H54N2O5/c1-3-4-5-6-7-8-9-10-11-12-13-14-15-18-33(39)36-25-16-17-30(36)31(37)23-24-32(38)35-29(34(40)41)26-28-21-19-27(2)20-22-28/h19-22,29-30H,3-18,23-26H2,1-2H3,(H,35,38)(H,40,41)/t29-,30-/m0/s1. The average Bonchev–Trinajstić information content (AvgIpc) is 3.45. The van der Waals surface area contributed by atoms with E-state index < -0.39 is 24.0 Å². The van der Waals surface area contributed by atoms with E-state index in [1.165, 1.54) is 64.2 Å². The van der Waals surface area contributed by atoms with Crippen molar-refractivity contribution in [2.75, 3.05) is 6.54 Å². The molecule has 7 heteroatoms. The van der Waals surface area contributed by atoms with Crippen LogP contribution in [0, 0.1) is 6.92 Å². The summed E-state index contributed by atoms with van der Waals surface area (Å²) in [5.74, 6) is -1.63. The topological polar surface area (TPSA) is 104 Å². The van der Waals surface area contributed by atoms with Crippen molar-refractivity contribution in [3.63, 3.8) is 0 Å². The van der Waals surface area contributed by atoms with E-state index in [4.69, 9.17) is 0 Å². The molecule has 0 aliphatic carbocycles. The lowest BCUT2D eigenvalue weighted by Crippen LogP contribution is -2.43. The van der Waals surface area contributed by atoms with Gasteiger partial charge in [-0.25, -0.2) is 4.79 Å². The number of carboxylic acids is 1. The van der Waals surface area contributed by atoms with Crippen LogP contribution >= 0.6 is 0 Å². The van der Waals surface area contributed by atoms with Crippen LogP contribution in [0.4, 0.5) is 0 Å². The Morgan fingerprint density at radius 3 is 1.95 bits per heavy atom. The molecule has 0 bridgehead atoms. The van der Waals surface area contributed by atoms with Gasteiger partial charge in [0.25, 0.3) is 0 Å². The van der Waals surface area contributed by atoms with Crippen LogP contribution < -0.4 is 5.32 Å². The highest BCUT2D eigenvalue weighted by Crippen LogP contribution is 2.22. The first-order chi connectivity index (χ1) is 19.8. The van der Waals surface area contributed by atoms with Gasteiger partial charge in [0.05, 0.1) is 6.04 Å². The molecule has 0 radical (unpaired) electrons. The van der Waals surface area contributed by atoms with E-state index >= 15 is 0 Å². The molecular weight excluding hydrogens is 516 g/mol. The predicted molar refractivity (Wildman–Crippen MR) is 164 cm³/mol. The molecule has 2 N–H and O–H groups in total. The van der Waals surface area contributed by atoms with Crippen molar-refractivity contribution in [3.8, 4) is 0 Å². The molecule has 1 aliphatic rings. The number of likely N-dealkylation sites (tertiary alicyclic amines) is 1. The number of carbonyl (C=O) groups is 4. The third kappa shape index (κ3) is 14.2. The molecule has 2 amide bonds. The fourth-order valence-corrected chi connectivity index (χ4v) is 5.67. The van der Waals surface area contributed by atoms with Gasteiger partial charge in [0.1, 0.15) is 6.04 Å². The SMILES string of the molecule is CCCCCCCCCCCCCCCC(=O)N1CCC[C@H]1C(=O)CCC(=O)N[C@@H](Cc1ccc(C)cc1)C(=O)O. The number of carboxylic acid groups (broad SMARTS) is 1. The normalized spacial score (nSPS) is 15.6. The van der Waals surface area contributed by atoms with Crippen LogP contribution in [0.25, 0.3) is 0 Å². The Bertz CT molecular complexity index is 930. The summed E-state index contributed by atoms with van der Waals surface area (Å²) < 4.78 is 0. The summed E-state index contributed by atoms with van der Waals surface area (Å²) in [4.78, 5) is 51.6. The molecule has 0 saturated carbocycles. The second-order valence-corrected chi connectivity index (χ2v) is 11.9. The first-order valence-electron chi connectivity index (χ1n) is 16.2. The van der Waals surface area contributed by atoms with E-state index in [0.29, 0.717) is 19.4 Å². The maximum atomic E-state index is 12.9. The van der Waals surface area contributed by atoms with Gasteiger partial charge < -0.3 is 15.3 Å². The van der Waals surface area contributed by atoms with Gasteiger partial charge in [-0.15, -0.1) is 0 Å². The summed E-state index contributed by atoms with van der Waals surface area (Å²) in [5, 5.41) is 12.1. The summed E-state index contributed by atoms with van der Waals surface area (Å²) in [6, 6.07) is 6.00. The van der Waals surface area contributed by atoms with E-state index in [0.717, 1.165) is 36.8 Å². The molecule has 7 nitrogen and oxygen atoms in total. The van der Waals surface area contributed by atoms with Gasteiger partial charge in [0, 0.05) is 32.2 Å². The Hall–Kier alpha value is -2.70. The molecule has 230 valence electrons. The third-order valence-electron chi connectivity index (χ3n) is 8.23. The summed E-state index contributed by atoms with van der Waals surface area (Å²) in [6.45, 7) is 4.80. The van der Waals surface area contributed by atoms with Gasteiger partial charge in [0.2, 0.25) is 11.8 Å².